The summed E-state index contributed by atoms with van der Waals surface area (Å²) in [5, 5.41) is 0. The fraction of sp³-hybridized carbons (Fsp3) is 0.562. The first kappa shape index (κ1) is 16.3. The summed E-state index contributed by atoms with van der Waals surface area (Å²) in [6, 6.07) is 5.14. The molecular formula is C16H24O4. The second-order valence-electron chi connectivity index (χ2n) is 4.75. The molecule has 1 aromatic rings. The first-order chi connectivity index (χ1) is 9.58. The van der Waals surface area contributed by atoms with Crippen molar-refractivity contribution in [2.75, 3.05) is 13.2 Å². The van der Waals surface area contributed by atoms with Crippen LogP contribution in [0.25, 0.3) is 0 Å². The minimum absolute atomic E-state index is 0.140. The van der Waals surface area contributed by atoms with E-state index >= 15 is 0 Å². The van der Waals surface area contributed by atoms with Crippen LogP contribution in [0.2, 0.25) is 0 Å². The van der Waals surface area contributed by atoms with Gasteiger partial charge in [-0.05, 0) is 45.4 Å². The maximum atomic E-state index is 11.9. The molecule has 4 heteroatoms. The van der Waals surface area contributed by atoms with E-state index in [4.69, 9.17) is 14.2 Å². The minimum Gasteiger partial charge on any atom is -0.490 e. The molecule has 0 saturated heterocycles. The molecule has 0 N–H and O–H groups in total. The van der Waals surface area contributed by atoms with Gasteiger partial charge < -0.3 is 14.2 Å². The van der Waals surface area contributed by atoms with E-state index in [1.54, 1.807) is 18.2 Å². The predicted molar refractivity (Wildman–Crippen MR) is 78.6 cm³/mol. The standard InChI is InChI=1S/C16H24O4/c1-5-7-10-19-14-9-8-13(11-15(14)18-6-2)16(17)20-12(3)4/h8-9,11-12H,5-7,10H2,1-4H3. The molecular weight excluding hydrogens is 256 g/mol. The molecule has 1 aromatic carbocycles. The molecule has 0 atom stereocenters. The van der Waals surface area contributed by atoms with Crippen LogP contribution in [0.1, 0.15) is 50.9 Å². The van der Waals surface area contributed by atoms with Crippen molar-refractivity contribution in [3.05, 3.63) is 23.8 Å². The van der Waals surface area contributed by atoms with Gasteiger partial charge in [0, 0.05) is 0 Å². The number of esters is 1. The highest BCUT2D eigenvalue weighted by molar-refractivity contribution is 5.90. The zero-order valence-corrected chi connectivity index (χ0v) is 12.8. The Labute approximate surface area is 121 Å². The van der Waals surface area contributed by atoms with Crippen LogP contribution in [0.3, 0.4) is 0 Å². The first-order valence-corrected chi connectivity index (χ1v) is 7.19. The highest BCUT2D eigenvalue weighted by Gasteiger charge is 2.13. The van der Waals surface area contributed by atoms with Crippen LogP contribution in [0.15, 0.2) is 18.2 Å². The van der Waals surface area contributed by atoms with E-state index in [9.17, 15) is 4.79 Å². The van der Waals surface area contributed by atoms with Crippen molar-refractivity contribution in [2.45, 2.75) is 46.6 Å². The smallest absolute Gasteiger partial charge is 0.338 e. The number of benzene rings is 1. The third kappa shape index (κ3) is 5.11. The molecule has 0 amide bonds. The Balaban J connectivity index is 2.85. The normalized spacial score (nSPS) is 10.4. The van der Waals surface area contributed by atoms with E-state index in [-0.39, 0.29) is 12.1 Å². The third-order valence-electron chi connectivity index (χ3n) is 2.58. The van der Waals surface area contributed by atoms with Gasteiger partial charge >= 0.3 is 5.97 Å². The van der Waals surface area contributed by atoms with Crippen molar-refractivity contribution in [3.63, 3.8) is 0 Å². The number of carbonyl (C=O) groups excluding carboxylic acids is 1. The lowest BCUT2D eigenvalue weighted by Crippen LogP contribution is -2.12. The van der Waals surface area contributed by atoms with Crippen LogP contribution in [-0.4, -0.2) is 25.3 Å². The Hall–Kier alpha value is -1.71. The van der Waals surface area contributed by atoms with Crippen LogP contribution >= 0.6 is 0 Å². The minimum atomic E-state index is -0.346. The molecule has 4 nitrogen and oxygen atoms in total. The third-order valence-corrected chi connectivity index (χ3v) is 2.58. The summed E-state index contributed by atoms with van der Waals surface area (Å²) in [4.78, 5) is 11.9. The number of hydrogen-bond acceptors (Lipinski definition) is 4. The van der Waals surface area contributed by atoms with Crippen molar-refractivity contribution < 1.29 is 19.0 Å². The van der Waals surface area contributed by atoms with E-state index in [0.29, 0.717) is 30.3 Å². The second kappa shape index (κ2) is 8.46. The summed E-state index contributed by atoms with van der Waals surface area (Å²) in [6.45, 7) is 8.82. The van der Waals surface area contributed by atoms with Crippen LogP contribution < -0.4 is 9.47 Å². The molecule has 112 valence electrons. The molecule has 0 aliphatic heterocycles. The van der Waals surface area contributed by atoms with Crippen molar-refractivity contribution in [1.29, 1.82) is 0 Å². The molecule has 1 rings (SSSR count). The van der Waals surface area contributed by atoms with Gasteiger partial charge in [-0.25, -0.2) is 4.79 Å². The van der Waals surface area contributed by atoms with Gasteiger partial charge in [0.25, 0.3) is 0 Å². The Kier molecular flexibility index (Phi) is 6.91. The molecule has 0 spiro atoms. The number of unbranched alkanes of at least 4 members (excludes halogenated alkanes) is 1. The molecule has 0 aromatic heterocycles. The van der Waals surface area contributed by atoms with Gasteiger partial charge in [0.1, 0.15) is 0 Å². The zero-order chi connectivity index (χ0) is 15.0. The van der Waals surface area contributed by atoms with E-state index in [2.05, 4.69) is 6.92 Å². The Morgan fingerprint density at radius 1 is 1.15 bits per heavy atom. The molecule has 0 saturated carbocycles. The lowest BCUT2D eigenvalue weighted by atomic mass is 10.2. The number of hydrogen-bond donors (Lipinski definition) is 0. The SMILES string of the molecule is CCCCOc1ccc(C(=O)OC(C)C)cc1OCC. The summed E-state index contributed by atoms with van der Waals surface area (Å²) in [5.74, 6) is 0.907. The molecule has 0 fully saturated rings. The predicted octanol–water partition coefficient (Wildman–Crippen LogP) is 3.83. The zero-order valence-electron chi connectivity index (χ0n) is 12.8. The van der Waals surface area contributed by atoms with Crippen molar-refractivity contribution in [3.8, 4) is 11.5 Å². The summed E-state index contributed by atoms with van der Waals surface area (Å²) >= 11 is 0. The monoisotopic (exact) mass is 280 g/mol. The number of rotatable bonds is 8. The summed E-state index contributed by atoms with van der Waals surface area (Å²) in [7, 11) is 0. The fourth-order valence-corrected chi connectivity index (χ4v) is 1.63. The molecule has 0 aliphatic carbocycles. The number of ether oxygens (including phenoxy) is 3. The van der Waals surface area contributed by atoms with Gasteiger partial charge in [0.15, 0.2) is 11.5 Å². The fourth-order valence-electron chi connectivity index (χ4n) is 1.63. The van der Waals surface area contributed by atoms with Crippen LogP contribution in [0.5, 0.6) is 11.5 Å². The van der Waals surface area contributed by atoms with E-state index in [1.807, 2.05) is 20.8 Å². The highest BCUT2D eigenvalue weighted by Crippen LogP contribution is 2.29. The van der Waals surface area contributed by atoms with Crippen molar-refractivity contribution >= 4 is 5.97 Å². The molecule has 0 aliphatic rings. The van der Waals surface area contributed by atoms with Gasteiger partial charge in [-0.1, -0.05) is 13.3 Å². The first-order valence-electron chi connectivity index (χ1n) is 7.19. The quantitative estimate of drug-likeness (QED) is 0.536. The lowest BCUT2D eigenvalue weighted by molar-refractivity contribution is 0.0377. The summed E-state index contributed by atoms with van der Waals surface area (Å²) < 4.78 is 16.4. The largest absolute Gasteiger partial charge is 0.490 e. The van der Waals surface area contributed by atoms with E-state index in [0.717, 1.165) is 12.8 Å². The van der Waals surface area contributed by atoms with E-state index < -0.39 is 0 Å². The van der Waals surface area contributed by atoms with E-state index in [1.165, 1.54) is 0 Å². The van der Waals surface area contributed by atoms with Crippen molar-refractivity contribution in [1.82, 2.24) is 0 Å². The second-order valence-corrected chi connectivity index (χ2v) is 4.75. The van der Waals surface area contributed by atoms with Gasteiger partial charge in [-0.2, -0.15) is 0 Å². The Morgan fingerprint density at radius 2 is 1.90 bits per heavy atom. The maximum Gasteiger partial charge on any atom is 0.338 e. The molecule has 0 bridgehead atoms. The Bertz CT molecular complexity index is 426. The van der Waals surface area contributed by atoms with Gasteiger partial charge in [-0.3, -0.25) is 0 Å². The molecule has 0 radical (unpaired) electrons. The average Bonchev–Trinajstić information content (AvgIpc) is 2.40. The summed E-state index contributed by atoms with van der Waals surface area (Å²) in [5.41, 5.74) is 0.477. The van der Waals surface area contributed by atoms with Crippen LogP contribution in [0.4, 0.5) is 0 Å². The Morgan fingerprint density at radius 3 is 2.50 bits per heavy atom. The molecule has 0 unspecified atom stereocenters. The molecule has 20 heavy (non-hydrogen) atoms. The summed E-state index contributed by atoms with van der Waals surface area (Å²) in [6.07, 6.45) is 1.92. The highest BCUT2D eigenvalue weighted by atomic mass is 16.5. The average molecular weight is 280 g/mol. The van der Waals surface area contributed by atoms with Gasteiger partial charge in [0.05, 0.1) is 24.9 Å². The topological polar surface area (TPSA) is 44.8 Å². The van der Waals surface area contributed by atoms with Crippen molar-refractivity contribution in [2.24, 2.45) is 0 Å². The van der Waals surface area contributed by atoms with Crippen LogP contribution in [0, 0.1) is 0 Å². The number of carbonyl (C=O) groups is 1. The molecule has 0 heterocycles. The van der Waals surface area contributed by atoms with Gasteiger partial charge in [0.2, 0.25) is 0 Å². The van der Waals surface area contributed by atoms with Crippen LogP contribution in [-0.2, 0) is 4.74 Å². The maximum absolute atomic E-state index is 11.9. The van der Waals surface area contributed by atoms with Gasteiger partial charge in [-0.15, -0.1) is 0 Å². The lowest BCUT2D eigenvalue weighted by Gasteiger charge is -2.13.